The zero-order chi connectivity index (χ0) is 16.9. The second-order valence-corrected chi connectivity index (χ2v) is 6.56. The van der Waals surface area contributed by atoms with E-state index in [1.165, 1.54) is 5.56 Å². The molecule has 3 rings (SSSR count). The van der Waals surface area contributed by atoms with Crippen molar-refractivity contribution in [3.8, 4) is 10.6 Å². The molecule has 24 heavy (non-hydrogen) atoms. The third kappa shape index (κ3) is 4.17. The van der Waals surface area contributed by atoms with E-state index in [4.69, 9.17) is 0 Å². The Morgan fingerprint density at radius 2 is 2.08 bits per heavy atom. The zero-order valence-corrected chi connectivity index (χ0v) is 14.4. The average molecular weight is 338 g/mol. The number of benzene rings is 1. The summed E-state index contributed by atoms with van der Waals surface area (Å²) in [5.74, 6) is 0.668. The maximum Gasteiger partial charge on any atom is 0.227 e. The number of anilines is 3. The maximum atomic E-state index is 11.0. The number of thiophene rings is 1. The minimum absolute atomic E-state index is 0.108. The molecule has 1 aromatic carbocycles. The van der Waals surface area contributed by atoms with Gasteiger partial charge in [-0.25, -0.2) is 9.97 Å². The lowest BCUT2D eigenvalue weighted by Crippen LogP contribution is -2.08. The number of nitrogens with zero attached hydrogens (tertiary/aromatic N) is 2. The Morgan fingerprint density at radius 3 is 2.88 bits per heavy atom. The molecule has 0 saturated carbocycles. The molecule has 0 saturated heterocycles. The lowest BCUT2D eigenvalue weighted by molar-refractivity contribution is -0.115. The van der Waals surface area contributed by atoms with Gasteiger partial charge in [0, 0.05) is 11.9 Å². The Kier molecular flexibility index (Phi) is 4.86. The van der Waals surface area contributed by atoms with Crippen LogP contribution in [0.2, 0.25) is 0 Å². The van der Waals surface area contributed by atoms with Crippen LogP contribution in [0.25, 0.3) is 10.6 Å². The lowest BCUT2D eigenvalue weighted by Gasteiger charge is -2.06. The molecule has 122 valence electrons. The van der Waals surface area contributed by atoms with Crippen LogP contribution in [0.4, 0.5) is 16.6 Å². The Hall–Kier alpha value is -2.73. The quantitative estimate of drug-likeness (QED) is 0.703. The maximum absolute atomic E-state index is 11.0. The molecule has 6 heteroatoms. The summed E-state index contributed by atoms with van der Waals surface area (Å²) in [7, 11) is 0. The van der Waals surface area contributed by atoms with Crippen molar-refractivity contribution < 1.29 is 4.79 Å². The molecule has 0 bridgehead atoms. The summed E-state index contributed by atoms with van der Waals surface area (Å²) in [5, 5.41) is 7.28. The van der Waals surface area contributed by atoms with Crippen LogP contribution in [0.5, 0.6) is 0 Å². The Bertz CT molecular complexity index is 859. The molecule has 0 atom stereocenters. The van der Waals surface area contributed by atoms with Crippen LogP contribution in [-0.2, 0) is 4.79 Å². The number of nitrogens with one attached hydrogen (secondary N) is 2. The Labute approximate surface area is 144 Å². The highest BCUT2D eigenvalue weighted by atomic mass is 32.1. The number of aryl methyl sites for hydroxylation is 1. The molecule has 2 aromatic heterocycles. The third-order valence-corrected chi connectivity index (χ3v) is 4.37. The fraction of sp³-hybridized carbons (Fsp3) is 0.167. The summed E-state index contributed by atoms with van der Waals surface area (Å²) in [4.78, 5) is 20.9. The van der Waals surface area contributed by atoms with Crippen LogP contribution >= 0.6 is 11.3 Å². The van der Waals surface area contributed by atoms with Gasteiger partial charge >= 0.3 is 0 Å². The van der Waals surface area contributed by atoms with Gasteiger partial charge in [0.05, 0.1) is 22.1 Å². The predicted molar refractivity (Wildman–Crippen MR) is 99.0 cm³/mol. The van der Waals surface area contributed by atoms with E-state index < -0.39 is 0 Å². The molecule has 0 spiro atoms. The highest BCUT2D eigenvalue weighted by Crippen LogP contribution is 2.30. The third-order valence-electron chi connectivity index (χ3n) is 3.30. The monoisotopic (exact) mass is 338 g/mol. The largest absolute Gasteiger partial charge is 0.370 e. The van der Waals surface area contributed by atoms with E-state index in [-0.39, 0.29) is 5.78 Å². The van der Waals surface area contributed by atoms with E-state index in [0.29, 0.717) is 12.5 Å². The molecule has 0 aliphatic rings. The van der Waals surface area contributed by atoms with E-state index in [1.807, 2.05) is 49.4 Å². The van der Waals surface area contributed by atoms with Gasteiger partial charge in [0.15, 0.2) is 0 Å². The van der Waals surface area contributed by atoms with Gasteiger partial charge in [-0.1, -0.05) is 12.1 Å². The van der Waals surface area contributed by atoms with Crippen LogP contribution in [0.1, 0.15) is 12.5 Å². The van der Waals surface area contributed by atoms with Gasteiger partial charge < -0.3 is 10.6 Å². The van der Waals surface area contributed by atoms with Gasteiger partial charge in [-0.15, -0.1) is 11.3 Å². The molecule has 3 aromatic rings. The summed E-state index contributed by atoms with van der Waals surface area (Å²) in [6.45, 7) is 3.95. The first kappa shape index (κ1) is 16.1. The summed E-state index contributed by atoms with van der Waals surface area (Å²) >= 11 is 1.56. The molecule has 0 aliphatic carbocycles. The van der Waals surface area contributed by atoms with Gasteiger partial charge in [-0.05, 0) is 49.7 Å². The van der Waals surface area contributed by atoms with Crippen molar-refractivity contribution in [1.29, 1.82) is 0 Å². The molecule has 0 amide bonds. The second kappa shape index (κ2) is 7.23. The molecule has 0 radical (unpaired) electrons. The van der Waals surface area contributed by atoms with E-state index in [9.17, 15) is 4.79 Å². The van der Waals surface area contributed by atoms with Crippen LogP contribution < -0.4 is 10.6 Å². The number of hydrogen-bond acceptors (Lipinski definition) is 6. The minimum Gasteiger partial charge on any atom is -0.370 e. The summed E-state index contributed by atoms with van der Waals surface area (Å²) in [5.41, 5.74) is 2.98. The zero-order valence-electron chi connectivity index (χ0n) is 13.5. The van der Waals surface area contributed by atoms with E-state index >= 15 is 0 Å². The first-order valence-electron chi connectivity index (χ1n) is 7.60. The highest BCUT2D eigenvalue weighted by Gasteiger charge is 2.07. The number of hydrogen-bond donors (Lipinski definition) is 2. The first-order valence-corrected chi connectivity index (χ1v) is 8.42. The van der Waals surface area contributed by atoms with Crippen molar-refractivity contribution in [3.05, 3.63) is 54.2 Å². The topological polar surface area (TPSA) is 66.9 Å². The molecular formula is C18H18N4OS. The van der Waals surface area contributed by atoms with Gasteiger partial charge in [0.2, 0.25) is 5.95 Å². The predicted octanol–water partition coefficient (Wildman–Crippen LogP) is 4.26. The SMILES string of the molecule is CC(=O)CNc1ccc(-c2ccnc(Nc3cccc(C)c3)n2)s1. The van der Waals surface area contributed by atoms with E-state index in [2.05, 4.69) is 20.6 Å². The minimum atomic E-state index is 0.108. The number of rotatable bonds is 6. The van der Waals surface area contributed by atoms with Crippen molar-refractivity contribution in [2.24, 2.45) is 0 Å². The number of aromatic nitrogens is 2. The summed E-state index contributed by atoms with van der Waals surface area (Å²) in [6.07, 6.45) is 1.74. The second-order valence-electron chi connectivity index (χ2n) is 5.48. The van der Waals surface area contributed by atoms with E-state index in [1.54, 1.807) is 24.5 Å². The van der Waals surface area contributed by atoms with Crippen LogP contribution in [-0.4, -0.2) is 22.3 Å². The van der Waals surface area contributed by atoms with Crippen molar-refractivity contribution in [3.63, 3.8) is 0 Å². The standard InChI is InChI=1S/C18H18N4OS/c1-12-4-3-5-14(10-12)21-18-19-9-8-15(22-18)16-6-7-17(24-16)20-11-13(2)23/h3-10,20H,11H2,1-2H3,(H,19,21,22). The molecular weight excluding hydrogens is 320 g/mol. The number of Topliss-reactive ketones (excluding diaryl/α,β-unsaturated/α-hetero) is 1. The van der Waals surface area contributed by atoms with Crippen molar-refractivity contribution >= 4 is 33.8 Å². The van der Waals surface area contributed by atoms with Crippen molar-refractivity contribution in [1.82, 2.24) is 9.97 Å². The van der Waals surface area contributed by atoms with Gasteiger partial charge in [-0.2, -0.15) is 0 Å². The number of ketones is 1. The summed E-state index contributed by atoms with van der Waals surface area (Å²) in [6, 6.07) is 13.9. The molecule has 2 N–H and O–H groups in total. The molecule has 0 unspecified atom stereocenters. The number of carbonyl (C=O) groups is 1. The first-order chi connectivity index (χ1) is 11.6. The lowest BCUT2D eigenvalue weighted by atomic mass is 10.2. The summed E-state index contributed by atoms with van der Waals surface area (Å²) < 4.78 is 0. The Balaban J connectivity index is 1.76. The van der Waals surface area contributed by atoms with Crippen LogP contribution in [0, 0.1) is 6.92 Å². The highest BCUT2D eigenvalue weighted by molar-refractivity contribution is 7.19. The van der Waals surface area contributed by atoms with Gasteiger partial charge in [0.25, 0.3) is 0 Å². The van der Waals surface area contributed by atoms with Gasteiger partial charge in [0.1, 0.15) is 5.78 Å². The fourth-order valence-electron chi connectivity index (χ4n) is 2.19. The normalized spacial score (nSPS) is 10.4. The van der Waals surface area contributed by atoms with Crippen molar-refractivity contribution in [2.75, 3.05) is 17.2 Å². The van der Waals surface area contributed by atoms with E-state index in [0.717, 1.165) is 21.3 Å². The van der Waals surface area contributed by atoms with Gasteiger partial charge in [-0.3, -0.25) is 4.79 Å². The average Bonchev–Trinajstić information content (AvgIpc) is 3.02. The fourth-order valence-corrected chi connectivity index (χ4v) is 3.06. The molecule has 5 nitrogen and oxygen atoms in total. The molecule has 0 fully saturated rings. The Morgan fingerprint density at radius 1 is 1.21 bits per heavy atom. The smallest absolute Gasteiger partial charge is 0.227 e. The van der Waals surface area contributed by atoms with Crippen molar-refractivity contribution in [2.45, 2.75) is 13.8 Å². The van der Waals surface area contributed by atoms with Crippen LogP contribution in [0.3, 0.4) is 0 Å². The van der Waals surface area contributed by atoms with Crippen LogP contribution in [0.15, 0.2) is 48.7 Å². The number of carbonyl (C=O) groups excluding carboxylic acids is 1. The molecule has 2 heterocycles. The molecule has 0 aliphatic heterocycles.